The Morgan fingerprint density at radius 1 is 0.900 bits per heavy atom. The maximum Gasteiger partial charge on any atom is 0.190 e. The van der Waals surface area contributed by atoms with Crippen LogP contribution in [0.4, 0.5) is 22.5 Å². The highest BCUT2D eigenvalue weighted by Crippen LogP contribution is 2.36. The molecule has 2 aromatic heterocycles. The highest BCUT2D eigenvalue weighted by atomic mass is 32.1. The van der Waals surface area contributed by atoms with E-state index < -0.39 is 0 Å². The van der Waals surface area contributed by atoms with E-state index in [1.165, 1.54) is 22.3 Å². The minimum atomic E-state index is 0.325. The van der Waals surface area contributed by atoms with E-state index in [9.17, 15) is 0 Å². The number of rotatable bonds is 10. The van der Waals surface area contributed by atoms with Crippen LogP contribution < -0.4 is 22.1 Å². The van der Waals surface area contributed by atoms with Gasteiger partial charge < -0.3 is 31.9 Å². The Balaban J connectivity index is 1.36. The fraction of sp³-hybridized carbons (Fsp3) is 0.367. The first-order chi connectivity index (χ1) is 19.4. The first-order valence-corrected chi connectivity index (χ1v) is 14.7. The second kappa shape index (κ2) is 12.7. The van der Waals surface area contributed by atoms with E-state index in [1.807, 2.05) is 5.38 Å². The molecule has 9 nitrogen and oxygen atoms in total. The Morgan fingerprint density at radius 2 is 1.60 bits per heavy atom. The van der Waals surface area contributed by atoms with Gasteiger partial charge in [-0.2, -0.15) is 0 Å². The lowest BCUT2D eigenvalue weighted by Gasteiger charge is -2.32. The van der Waals surface area contributed by atoms with Gasteiger partial charge >= 0.3 is 0 Å². The number of aryl methyl sites for hydroxylation is 1. The zero-order valence-electron chi connectivity index (χ0n) is 23.4. The molecule has 0 bridgehead atoms. The molecule has 5 rings (SSSR count). The van der Waals surface area contributed by atoms with Crippen LogP contribution in [0.5, 0.6) is 0 Å². The summed E-state index contributed by atoms with van der Waals surface area (Å²) in [6.45, 7) is 9.21. The van der Waals surface area contributed by atoms with Crippen LogP contribution in [-0.2, 0) is 6.42 Å². The third-order valence-corrected chi connectivity index (χ3v) is 8.27. The van der Waals surface area contributed by atoms with Crippen LogP contribution in [0.1, 0.15) is 17.5 Å². The van der Waals surface area contributed by atoms with E-state index in [-0.39, 0.29) is 0 Å². The highest BCUT2D eigenvalue weighted by Gasteiger charge is 2.18. The standard InChI is InChI=1S/C30H39N9S/c1-21-4-7-24(23-8-5-22(6-9-23)10-13-38-16-14-37(2)15-17-38)18-26(21)39(12-3-11-31)30-34-25(20-40-30)29-35-27(32)19-28(33)36-29/h4-9,18-20H,3,10-17,31H2,1-2H3,(H4,32,33,35,36). The van der Waals surface area contributed by atoms with Gasteiger partial charge in [-0.05, 0) is 61.7 Å². The third-order valence-electron chi connectivity index (χ3n) is 7.40. The Hall–Kier alpha value is -3.57. The van der Waals surface area contributed by atoms with E-state index >= 15 is 0 Å². The normalized spacial score (nSPS) is 14.5. The predicted molar refractivity (Wildman–Crippen MR) is 167 cm³/mol. The van der Waals surface area contributed by atoms with Gasteiger partial charge in [0.1, 0.15) is 17.3 Å². The molecule has 4 aromatic rings. The van der Waals surface area contributed by atoms with Crippen molar-refractivity contribution in [2.75, 3.05) is 69.2 Å². The molecule has 40 heavy (non-hydrogen) atoms. The molecule has 6 N–H and O–H groups in total. The predicted octanol–water partition coefficient (Wildman–Crippen LogP) is 4.02. The average molecular weight is 558 g/mol. The van der Waals surface area contributed by atoms with Crippen LogP contribution in [0.2, 0.25) is 0 Å². The molecule has 210 valence electrons. The monoisotopic (exact) mass is 557 g/mol. The summed E-state index contributed by atoms with van der Waals surface area (Å²) in [7, 11) is 2.20. The molecule has 0 atom stereocenters. The number of nitrogens with two attached hydrogens (primary N) is 3. The summed E-state index contributed by atoms with van der Waals surface area (Å²) in [5.41, 5.74) is 24.4. The van der Waals surface area contributed by atoms with Crippen LogP contribution in [-0.4, -0.2) is 77.6 Å². The molecule has 0 amide bonds. The minimum absolute atomic E-state index is 0.325. The van der Waals surface area contributed by atoms with Crippen molar-refractivity contribution in [2.45, 2.75) is 19.8 Å². The summed E-state index contributed by atoms with van der Waals surface area (Å²) in [5.74, 6) is 1.08. The highest BCUT2D eigenvalue weighted by molar-refractivity contribution is 7.14. The fourth-order valence-corrected chi connectivity index (χ4v) is 5.81. The zero-order chi connectivity index (χ0) is 28.1. The summed E-state index contributed by atoms with van der Waals surface area (Å²) in [5, 5.41) is 2.80. The molecule has 3 heterocycles. The van der Waals surface area contributed by atoms with Crippen molar-refractivity contribution in [3.05, 3.63) is 65.0 Å². The molecule has 2 aromatic carbocycles. The van der Waals surface area contributed by atoms with Crippen molar-refractivity contribution in [3.8, 4) is 22.6 Å². The van der Waals surface area contributed by atoms with Gasteiger partial charge in [0.25, 0.3) is 0 Å². The summed E-state index contributed by atoms with van der Waals surface area (Å²) in [6, 6.07) is 17.2. The number of nitrogen functional groups attached to an aromatic ring is 2. The van der Waals surface area contributed by atoms with E-state index in [2.05, 4.69) is 81.1 Å². The van der Waals surface area contributed by atoms with Crippen molar-refractivity contribution in [1.82, 2.24) is 24.8 Å². The first kappa shape index (κ1) is 28.0. The molecule has 0 spiro atoms. The lowest BCUT2D eigenvalue weighted by atomic mass is 10.00. The third kappa shape index (κ3) is 6.76. The van der Waals surface area contributed by atoms with Gasteiger partial charge in [-0.25, -0.2) is 15.0 Å². The van der Waals surface area contributed by atoms with Gasteiger partial charge in [0.15, 0.2) is 11.0 Å². The fourth-order valence-electron chi connectivity index (χ4n) is 4.96. The number of anilines is 4. The minimum Gasteiger partial charge on any atom is -0.384 e. The molecular formula is C30H39N9S. The molecule has 0 unspecified atom stereocenters. The van der Waals surface area contributed by atoms with E-state index in [1.54, 1.807) is 17.4 Å². The van der Waals surface area contributed by atoms with E-state index in [0.29, 0.717) is 29.7 Å². The molecule has 1 fully saturated rings. The summed E-state index contributed by atoms with van der Waals surface area (Å²) in [6.07, 6.45) is 1.91. The van der Waals surface area contributed by atoms with Crippen molar-refractivity contribution < 1.29 is 0 Å². The number of aromatic nitrogens is 3. The van der Waals surface area contributed by atoms with Crippen LogP contribution in [0, 0.1) is 6.92 Å². The summed E-state index contributed by atoms with van der Waals surface area (Å²) >= 11 is 1.54. The number of benzene rings is 2. The first-order valence-electron chi connectivity index (χ1n) is 13.8. The maximum absolute atomic E-state index is 5.92. The smallest absolute Gasteiger partial charge is 0.190 e. The number of likely N-dealkylation sites (N-methyl/N-ethyl adjacent to an activating group) is 1. The lowest BCUT2D eigenvalue weighted by molar-refractivity contribution is 0.155. The number of hydrogen-bond donors (Lipinski definition) is 3. The van der Waals surface area contributed by atoms with Crippen molar-refractivity contribution in [3.63, 3.8) is 0 Å². The molecule has 1 aliphatic heterocycles. The number of nitrogens with zero attached hydrogens (tertiary/aromatic N) is 6. The number of thiazole rings is 1. The van der Waals surface area contributed by atoms with Crippen LogP contribution in [0.3, 0.4) is 0 Å². The Bertz CT molecular complexity index is 1390. The van der Waals surface area contributed by atoms with Crippen LogP contribution >= 0.6 is 11.3 Å². The van der Waals surface area contributed by atoms with E-state index in [0.717, 1.165) is 62.9 Å². The van der Waals surface area contributed by atoms with Gasteiger partial charge in [0.05, 0.1) is 0 Å². The summed E-state index contributed by atoms with van der Waals surface area (Å²) < 4.78 is 0. The molecule has 10 heteroatoms. The van der Waals surface area contributed by atoms with Gasteiger partial charge in [-0.3, -0.25) is 0 Å². The van der Waals surface area contributed by atoms with Gasteiger partial charge in [-0.15, -0.1) is 11.3 Å². The largest absolute Gasteiger partial charge is 0.384 e. The van der Waals surface area contributed by atoms with Crippen LogP contribution in [0.15, 0.2) is 53.9 Å². The van der Waals surface area contributed by atoms with Gasteiger partial charge in [-0.1, -0.05) is 36.4 Å². The molecule has 1 aliphatic rings. The topological polar surface area (TPSA) is 126 Å². The second-order valence-electron chi connectivity index (χ2n) is 10.4. The Labute approximate surface area is 240 Å². The van der Waals surface area contributed by atoms with Crippen LogP contribution in [0.25, 0.3) is 22.6 Å². The molecule has 0 aliphatic carbocycles. The average Bonchev–Trinajstić information content (AvgIpc) is 3.44. The summed E-state index contributed by atoms with van der Waals surface area (Å²) in [4.78, 5) is 20.7. The second-order valence-corrected chi connectivity index (χ2v) is 11.3. The quantitative estimate of drug-likeness (QED) is 0.265. The number of hydrogen-bond acceptors (Lipinski definition) is 10. The zero-order valence-corrected chi connectivity index (χ0v) is 24.2. The molecule has 0 saturated carbocycles. The molecule has 1 saturated heterocycles. The Kier molecular flexibility index (Phi) is 8.91. The molecule has 0 radical (unpaired) electrons. The SMILES string of the molecule is Cc1ccc(-c2ccc(CCN3CCN(C)CC3)cc2)cc1N(CCCN)c1nc(-c2nc(N)cc(N)n2)cs1. The van der Waals surface area contributed by atoms with Gasteiger partial charge in [0.2, 0.25) is 0 Å². The number of piperazine rings is 1. The van der Waals surface area contributed by atoms with Gasteiger partial charge in [0, 0.05) is 56.4 Å². The lowest BCUT2D eigenvalue weighted by Crippen LogP contribution is -2.45. The van der Waals surface area contributed by atoms with Crippen molar-refractivity contribution >= 4 is 33.8 Å². The van der Waals surface area contributed by atoms with Crippen molar-refractivity contribution in [2.24, 2.45) is 5.73 Å². The maximum atomic E-state index is 5.92. The van der Waals surface area contributed by atoms with E-state index in [4.69, 9.17) is 22.2 Å². The van der Waals surface area contributed by atoms with Crippen molar-refractivity contribution in [1.29, 1.82) is 0 Å². The molecular weight excluding hydrogens is 518 g/mol. The Morgan fingerprint density at radius 3 is 2.30 bits per heavy atom.